The average Bonchev–Trinajstić information content (AvgIpc) is 2.60. The number of nitrogens with one attached hydrogen (secondary N) is 2. The van der Waals surface area contributed by atoms with Crippen LogP contribution in [0.25, 0.3) is 11.2 Å². The molecule has 2 heterocycles. The quantitative estimate of drug-likeness (QED) is 0.825. The number of H-pyrrole nitrogens is 2. The Balaban J connectivity index is 2.71. The molecule has 0 amide bonds. The second kappa shape index (κ2) is 4.25. The van der Waals surface area contributed by atoms with Gasteiger partial charge in [0.25, 0.3) is 5.56 Å². The average molecular weight is 287 g/mol. The van der Waals surface area contributed by atoms with E-state index < -0.39 is 11.2 Å². The van der Waals surface area contributed by atoms with E-state index in [4.69, 9.17) is 0 Å². The van der Waals surface area contributed by atoms with Crippen molar-refractivity contribution in [1.82, 2.24) is 19.5 Å². The monoisotopic (exact) mass is 286 g/mol. The fraction of sp³-hybridized carbons (Fsp3) is 0.444. The molecule has 0 saturated carbocycles. The van der Waals surface area contributed by atoms with Gasteiger partial charge in [0.05, 0.1) is 0 Å². The first kappa shape index (κ1) is 11.1. The molecule has 0 aliphatic carbocycles. The first-order chi connectivity index (χ1) is 7.63. The van der Waals surface area contributed by atoms with Crippen molar-refractivity contribution in [2.45, 2.75) is 26.3 Å². The number of hydrogen-bond acceptors (Lipinski definition) is 3. The second-order valence-electron chi connectivity index (χ2n) is 3.49. The molecule has 0 radical (unpaired) electrons. The predicted octanol–water partition coefficient (Wildman–Crippen LogP) is 0.976. The molecule has 0 atom stereocenters. The molecule has 2 aromatic heterocycles. The molecule has 2 aromatic rings. The third-order valence-electron chi connectivity index (χ3n) is 2.34. The predicted molar refractivity (Wildman–Crippen MR) is 63.6 cm³/mol. The highest BCUT2D eigenvalue weighted by Crippen LogP contribution is 2.10. The largest absolute Gasteiger partial charge is 0.330 e. The summed E-state index contributed by atoms with van der Waals surface area (Å²) in [7, 11) is 0. The topological polar surface area (TPSA) is 83.5 Å². The maximum absolute atomic E-state index is 11.6. The number of halogens is 1. The molecular formula is C9H11BrN4O2. The van der Waals surface area contributed by atoms with E-state index in [0.29, 0.717) is 22.4 Å². The lowest BCUT2D eigenvalue weighted by molar-refractivity contribution is 0.613. The van der Waals surface area contributed by atoms with E-state index in [0.717, 1.165) is 12.8 Å². The van der Waals surface area contributed by atoms with E-state index in [1.165, 1.54) is 4.57 Å². The Morgan fingerprint density at radius 3 is 2.81 bits per heavy atom. The van der Waals surface area contributed by atoms with Crippen LogP contribution in [0.3, 0.4) is 0 Å². The minimum absolute atomic E-state index is 0.322. The molecule has 2 N–H and O–H groups in total. The van der Waals surface area contributed by atoms with Crippen molar-refractivity contribution < 1.29 is 0 Å². The molecular weight excluding hydrogens is 276 g/mol. The van der Waals surface area contributed by atoms with Crippen molar-refractivity contribution >= 4 is 27.1 Å². The van der Waals surface area contributed by atoms with Gasteiger partial charge in [-0.15, -0.1) is 0 Å². The van der Waals surface area contributed by atoms with Gasteiger partial charge in [-0.25, -0.2) is 9.78 Å². The summed E-state index contributed by atoms with van der Waals surface area (Å²) in [5, 5.41) is 0. The SMILES string of the molecule is CCCCn1c(=O)[nH]c(=O)c2[nH]c(Br)nc21. The molecule has 0 saturated heterocycles. The number of aryl methyl sites for hydroxylation is 1. The van der Waals surface area contributed by atoms with Gasteiger partial charge in [-0.3, -0.25) is 14.3 Å². The highest BCUT2D eigenvalue weighted by molar-refractivity contribution is 9.10. The first-order valence-corrected chi connectivity index (χ1v) is 5.81. The third-order valence-corrected chi connectivity index (χ3v) is 2.72. The number of unbranched alkanes of at least 4 members (excludes halogenated alkanes) is 1. The van der Waals surface area contributed by atoms with E-state index in [-0.39, 0.29) is 0 Å². The molecule has 0 fully saturated rings. The minimum atomic E-state index is -0.439. The van der Waals surface area contributed by atoms with Gasteiger partial charge in [0.2, 0.25) is 0 Å². The van der Waals surface area contributed by atoms with Crippen LogP contribution in [-0.2, 0) is 6.54 Å². The van der Waals surface area contributed by atoms with Gasteiger partial charge in [-0.2, -0.15) is 0 Å². The zero-order valence-electron chi connectivity index (χ0n) is 8.71. The van der Waals surface area contributed by atoms with Crippen LogP contribution in [0.5, 0.6) is 0 Å². The Kier molecular flexibility index (Phi) is 2.95. The maximum atomic E-state index is 11.6. The smallest absolute Gasteiger partial charge is 0.327 e. The summed E-state index contributed by atoms with van der Waals surface area (Å²) in [6.07, 6.45) is 1.84. The Morgan fingerprint density at radius 2 is 2.12 bits per heavy atom. The lowest BCUT2D eigenvalue weighted by atomic mass is 10.3. The number of aromatic amines is 2. The lowest BCUT2D eigenvalue weighted by Gasteiger charge is -2.03. The van der Waals surface area contributed by atoms with Crippen molar-refractivity contribution in [3.8, 4) is 0 Å². The highest BCUT2D eigenvalue weighted by Gasteiger charge is 2.11. The Hall–Kier alpha value is -1.37. The molecule has 0 bridgehead atoms. The third kappa shape index (κ3) is 1.82. The molecule has 0 spiro atoms. The summed E-state index contributed by atoms with van der Waals surface area (Å²) in [5.74, 6) is 0. The zero-order valence-corrected chi connectivity index (χ0v) is 10.3. The fourth-order valence-electron chi connectivity index (χ4n) is 1.54. The van der Waals surface area contributed by atoms with E-state index in [2.05, 4.69) is 30.9 Å². The number of imidazole rings is 1. The van der Waals surface area contributed by atoms with Crippen LogP contribution in [0.1, 0.15) is 19.8 Å². The molecule has 2 rings (SSSR count). The molecule has 0 aliphatic heterocycles. The van der Waals surface area contributed by atoms with Crippen molar-refractivity contribution in [3.05, 3.63) is 25.6 Å². The molecule has 86 valence electrons. The molecule has 6 nitrogen and oxygen atoms in total. The fourth-order valence-corrected chi connectivity index (χ4v) is 1.90. The summed E-state index contributed by atoms with van der Waals surface area (Å²) in [5.41, 5.74) is -0.132. The standard InChI is InChI=1S/C9H11BrN4O2/c1-2-3-4-14-6-5(11-8(10)12-6)7(15)13-9(14)16/h2-4H2,1H3,(H,11,12)(H,13,15,16). The van der Waals surface area contributed by atoms with Gasteiger partial charge in [0, 0.05) is 6.54 Å². The van der Waals surface area contributed by atoms with Gasteiger partial charge < -0.3 is 4.98 Å². The summed E-state index contributed by atoms with van der Waals surface area (Å²) in [6.45, 7) is 2.59. The first-order valence-electron chi connectivity index (χ1n) is 5.01. The molecule has 7 heteroatoms. The minimum Gasteiger partial charge on any atom is -0.327 e. The second-order valence-corrected chi connectivity index (χ2v) is 4.24. The van der Waals surface area contributed by atoms with Crippen LogP contribution in [0, 0.1) is 0 Å². The molecule has 16 heavy (non-hydrogen) atoms. The van der Waals surface area contributed by atoms with Crippen molar-refractivity contribution in [1.29, 1.82) is 0 Å². The zero-order chi connectivity index (χ0) is 11.7. The number of nitrogens with zero attached hydrogens (tertiary/aromatic N) is 2. The van der Waals surface area contributed by atoms with E-state index in [1.807, 2.05) is 6.92 Å². The van der Waals surface area contributed by atoms with Gasteiger partial charge in [0.1, 0.15) is 0 Å². The van der Waals surface area contributed by atoms with E-state index in [1.54, 1.807) is 0 Å². The van der Waals surface area contributed by atoms with E-state index >= 15 is 0 Å². The Morgan fingerprint density at radius 1 is 1.38 bits per heavy atom. The summed E-state index contributed by atoms with van der Waals surface area (Å²) in [6, 6.07) is 0. The molecule has 0 aliphatic rings. The van der Waals surface area contributed by atoms with Gasteiger partial charge in [-0.1, -0.05) is 13.3 Å². The Labute approximate surface area is 98.8 Å². The van der Waals surface area contributed by atoms with Crippen molar-refractivity contribution in [3.63, 3.8) is 0 Å². The van der Waals surface area contributed by atoms with E-state index in [9.17, 15) is 9.59 Å². The van der Waals surface area contributed by atoms with Crippen LogP contribution < -0.4 is 11.2 Å². The van der Waals surface area contributed by atoms with Crippen LogP contribution in [0.15, 0.2) is 14.3 Å². The van der Waals surface area contributed by atoms with Gasteiger partial charge in [0.15, 0.2) is 15.9 Å². The normalized spacial score (nSPS) is 11.1. The van der Waals surface area contributed by atoms with Gasteiger partial charge >= 0.3 is 5.69 Å². The number of fused-ring (bicyclic) bond motifs is 1. The number of rotatable bonds is 3. The van der Waals surface area contributed by atoms with Crippen molar-refractivity contribution in [2.24, 2.45) is 0 Å². The van der Waals surface area contributed by atoms with Crippen LogP contribution in [0.2, 0.25) is 0 Å². The maximum Gasteiger partial charge on any atom is 0.330 e. The number of aromatic nitrogens is 4. The highest BCUT2D eigenvalue weighted by atomic mass is 79.9. The van der Waals surface area contributed by atoms with Crippen molar-refractivity contribution in [2.75, 3.05) is 0 Å². The molecule has 0 unspecified atom stereocenters. The van der Waals surface area contributed by atoms with Crippen LogP contribution in [0.4, 0.5) is 0 Å². The lowest BCUT2D eigenvalue weighted by Crippen LogP contribution is -2.30. The summed E-state index contributed by atoms with van der Waals surface area (Å²) in [4.78, 5) is 32.2. The van der Waals surface area contributed by atoms with Crippen LogP contribution >= 0.6 is 15.9 Å². The summed E-state index contributed by atoms with van der Waals surface area (Å²) < 4.78 is 1.92. The van der Waals surface area contributed by atoms with Crippen LogP contribution in [-0.4, -0.2) is 19.5 Å². The Bertz CT molecular complexity index is 624. The molecule has 0 aromatic carbocycles. The number of hydrogen-bond donors (Lipinski definition) is 2. The van der Waals surface area contributed by atoms with Gasteiger partial charge in [-0.05, 0) is 22.4 Å². The summed E-state index contributed by atoms with van der Waals surface area (Å²) >= 11 is 3.15.